The van der Waals surface area contributed by atoms with Crippen molar-refractivity contribution in [3.63, 3.8) is 0 Å². The van der Waals surface area contributed by atoms with E-state index in [0.29, 0.717) is 12.0 Å². The summed E-state index contributed by atoms with van der Waals surface area (Å²) in [6.07, 6.45) is 0.345. The summed E-state index contributed by atoms with van der Waals surface area (Å²) in [7, 11) is 0. The number of aryl methyl sites for hydroxylation is 1. The Morgan fingerprint density at radius 1 is 1.44 bits per heavy atom. The average molecular weight is 251 g/mol. The van der Waals surface area contributed by atoms with Gasteiger partial charge in [0.05, 0.1) is 0 Å². The Kier molecular flexibility index (Phi) is 3.05. The second kappa shape index (κ2) is 4.26. The molecular weight excluding hydrogens is 233 g/mol. The molecule has 1 atom stereocenters. The molecule has 2 rings (SSSR count). The third-order valence-corrected chi connectivity index (χ3v) is 2.88. The Hall–Kier alpha value is -1.58. The zero-order valence-corrected chi connectivity index (χ0v) is 11.1. The number of carbonyl (C=O) groups is 1. The first kappa shape index (κ1) is 12.9. The predicted molar refractivity (Wildman–Crippen MR) is 68.1 cm³/mol. The Morgan fingerprint density at radius 3 is 2.67 bits per heavy atom. The van der Waals surface area contributed by atoms with Crippen molar-refractivity contribution in [3.8, 4) is 0 Å². The van der Waals surface area contributed by atoms with Crippen LogP contribution < -0.4 is 5.32 Å². The van der Waals surface area contributed by atoms with Gasteiger partial charge in [-0.3, -0.25) is 0 Å². The molecule has 1 aliphatic rings. The Labute approximate surface area is 106 Å². The highest BCUT2D eigenvalue weighted by Crippen LogP contribution is 2.32. The van der Waals surface area contributed by atoms with E-state index in [0.717, 1.165) is 11.3 Å². The lowest BCUT2D eigenvalue weighted by Crippen LogP contribution is -2.35. The lowest BCUT2D eigenvalue weighted by atomic mass is 10.1. The summed E-state index contributed by atoms with van der Waals surface area (Å²) in [6.45, 7) is 7.35. The zero-order chi connectivity index (χ0) is 13.5. The van der Waals surface area contributed by atoms with Gasteiger partial charge in [0.15, 0.2) is 0 Å². The lowest BCUT2D eigenvalue weighted by Gasteiger charge is -2.22. The summed E-state index contributed by atoms with van der Waals surface area (Å²) in [5, 5.41) is 3.05. The number of hydrogen-bond donors (Lipinski definition) is 1. The number of ether oxygens (including phenoxy) is 1. The number of rotatable bonds is 1. The van der Waals surface area contributed by atoms with Gasteiger partial charge in [-0.2, -0.15) is 0 Å². The van der Waals surface area contributed by atoms with Crippen molar-refractivity contribution in [3.05, 3.63) is 29.1 Å². The molecule has 1 N–H and O–H groups in total. The highest BCUT2D eigenvalue weighted by atomic mass is 19.1. The van der Waals surface area contributed by atoms with Gasteiger partial charge in [0.25, 0.3) is 0 Å². The van der Waals surface area contributed by atoms with Gasteiger partial charge in [-0.25, -0.2) is 9.18 Å². The summed E-state index contributed by atoms with van der Waals surface area (Å²) < 4.78 is 19.0. The zero-order valence-electron chi connectivity index (χ0n) is 11.1. The fourth-order valence-corrected chi connectivity index (χ4v) is 2.08. The molecule has 0 aromatic heterocycles. The maximum atomic E-state index is 13.7. The largest absolute Gasteiger partial charge is 0.458 e. The minimum absolute atomic E-state index is 0.269. The smallest absolute Gasteiger partial charge is 0.329 e. The Balaban J connectivity index is 2.18. The van der Waals surface area contributed by atoms with E-state index in [1.165, 1.54) is 6.07 Å². The molecule has 98 valence electrons. The molecule has 0 unspecified atom stereocenters. The predicted octanol–water partition coefficient (Wildman–Crippen LogP) is 2.81. The number of fused-ring (bicyclic) bond motifs is 1. The second-order valence-electron chi connectivity index (χ2n) is 5.65. The van der Waals surface area contributed by atoms with E-state index in [-0.39, 0.29) is 11.8 Å². The maximum Gasteiger partial charge on any atom is 0.329 e. The van der Waals surface area contributed by atoms with Crippen LogP contribution in [0.4, 0.5) is 10.1 Å². The molecular formula is C14H18FNO2. The molecule has 0 aliphatic carbocycles. The number of nitrogens with one attached hydrogen (secondary N) is 1. The van der Waals surface area contributed by atoms with Crippen molar-refractivity contribution < 1.29 is 13.9 Å². The molecule has 18 heavy (non-hydrogen) atoms. The van der Waals surface area contributed by atoms with E-state index >= 15 is 0 Å². The van der Waals surface area contributed by atoms with Crippen molar-refractivity contribution in [1.82, 2.24) is 0 Å². The molecule has 0 saturated carbocycles. The number of benzene rings is 1. The highest BCUT2D eigenvalue weighted by Gasteiger charge is 2.32. The van der Waals surface area contributed by atoms with Crippen LogP contribution in [0.2, 0.25) is 0 Å². The van der Waals surface area contributed by atoms with Crippen LogP contribution in [0.5, 0.6) is 0 Å². The molecule has 1 aromatic carbocycles. The quantitative estimate of drug-likeness (QED) is 0.780. The van der Waals surface area contributed by atoms with Gasteiger partial charge in [0.1, 0.15) is 17.5 Å². The normalized spacial score (nSPS) is 18.2. The summed E-state index contributed by atoms with van der Waals surface area (Å²) in [5.41, 5.74) is 1.72. The van der Waals surface area contributed by atoms with Crippen LogP contribution in [-0.2, 0) is 16.0 Å². The lowest BCUT2D eigenvalue weighted by molar-refractivity contribution is -0.155. The van der Waals surface area contributed by atoms with Crippen LogP contribution in [-0.4, -0.2) is 17.6 Å². The molecule has 0 amide bonds. The highest BCUT2D eigenvalue weighted by molar-refractivity contribution is 5.84. The van der Waals surface area contributed by atoms with E-state index in [4.69, 9.17) is 4.74 Å². The van der Waals surface area contributed by atoms with Gasteiger partial charge in [0, 0.05) is 17.7 Å². The molecule has 3 nitrogen and oxygen atoms in total. The number of esters is 1. The maximum absolute atomic E-state index is 13.7. The van der Waals surface area contributed by atoms with Gasteiger partial charge in [-0.15, -0.1) is 0 Å². The molecule has 0 radical (unpaired) electrons. The fourth-order valence-electron chi connectivity index (χ4n) is 2.08. The standard InChI is InChI=1S/C14H18FNO2/c1-8-5-6-10(15)9-7-11(16-12(8)9)13(17)18-14(2,3)4/h5-6,11,16H,7H2,1-4H3/t11-/m1/s1. The van der Waals surface area contributed by atoms with Crippen molar-refractivity contribution in [2.24, 2.45) is 0 Å². The van der Waals surface area contributed by atoms with Crippen LogP contribution in [0, 0.1) is 12.7 Å². The number of halogens is 1. The number of anilines is 1. The Bertz CT molecular complexity index is 460. The van der Waals surface area contributed by atoms with Gasteiger partial charge in [0.2, 0.25) is 0 Å². The molecule has 4 heteroatoms. The van der Waals surface area contributed by atoms with E-state index in [1.54, 1.807) is 6.07 Å². The van der Waals surface area contributed by atoms with E-state index in [1.807, 2.05) is 27.7 Å². The first-order chi connectivity index (χ1) is 8.28. The third kappa shape index (κ3) is 2.47. The van der Waals surface area contributed by atoms with Crippen molar-refractivity contribution in [2.75, 3.05) is 5.32 Å². The van der Waals surface area contributed by atoms with Crippen LogP contribution in [0.1, 0.15) is 31.9 Å². The van der Waals surface area contributed by atoms with Crippen LogP contribution >= 0.6 is 0 Å². The SMILES string of the molecule is Cc1ccc(F)c2c1N[C@@H](C(=O)OC(C)(C)C)C2. The van der Waals surface area contributed by atoms with Crippen LogP contribution in [0.15, 0.2) is 12.1 Å². The molecule has 1 heterocycles. The molecule has 1 aliphatic heterocycles. The molecule has 0 fully saturated rings. The van der Waals surface area contributed by atoms with Crippen LogP contribution in [0.3, 0.4) is 0 Å². The minimum atomic E-state index is -0.527. The summed E-state index contributed by atoms with van der Waals surface area (Å²) in [6, 6.07) is 2.65. The molecule has 0 saturated heterocycles. The first-order valence-corrected chi connectivity index (χ1v) is 6.05. The Morgan fingerprint density at radius 2 is 2.11 bits per heavy atom. The number of hydrogen-bond acceptors (Lipinski definition) is 3. The van der Waals surface area contributed by atoms with Gasteiger partial charge in [-0.05, 0) is 39.3 Å². The molecule has 0 spiro atoms. The summed E-state index contributed by atoms with van der Waals surface area (Å²) in [4.78, 5) is 11.9. The van der Waals surface area contributed by atoms with Gasteiger partial charge in [-0.1, -0.05) is 6.07 Å². The van der Waals surface area contributed by atoms with Gasteiger partial charge < -0.3 is 10.1 Å². The van der Waals surface area contributed by atoms with E-state index < -0.39 is 11.6 Å². The fraction of sp³-hybridized carbons (Fsp3) is 0.500. The van der Waals surface area contributed by atoms with E-state index in [9.17, 15) is 9.18 Å². The van der Waals surface area contributed by atoms with Crippen molar-refractivity contribution in [1.29, 1.82) is 0 Å². The average Bonchev–Trinajstić information content (AvgIpc) is 2.67. The second-order valence-corrected chi connectivity index (χ2v) is 5.65. The monoisotopic (exact) mass is 251 g/mol. The molecule has 0 bridgehead atoms. The van der Waals surface area contributed by atoms with Gasteiger partial charge >= 0.3 is 5.97 Å². The molecule has 1 aromatic rings. The summed E-state index contributed by atoms with van der Waals surface area (Å²) >= 11 is 0. The van der Waals surface area contributed by atoms with Crippen molar-refractivity contribution in [2.45, 2.75) is 45.8 Å². The summed E-state index contributed by atoms with van der Waals surface area (Å²) in [5.74, 6) is -0.605. The van der Waals surface area contributed by atoms with E-state index in [2.05, 4.69) is 5.32 Å². The topological polar surface area (TPSA) is 38.3 Å². The third-order valence-electron chi connectivity index (χ3n) is 2.88. The first-order valence-electron chi connectivity index (χ1n) is 6.05. The minimum Gasteiger partial charge on any atom is -0.458 e. The van der Waals surface area contributed by atoms with Crippen LogP contribution in [0.25, 0.3) is 0 Å². The number of carbonyl (C=O) groups excluding carboxylic acids is 1. The van der Waals surface area contributed by atoms with Crippen molar-refractivity contribution >= 4 is 11.7 Å².